The topological polar surface area (TPSA) is 108 Å². The molecule has 9 heteroatoms. The second kappa shape index (κ2) is 56.6. The lowest BCUT2D eigenvalue weighted by Gasteiger charge is -2.25. The quantitative estimate of drug-likeness (QED) is 0.0211. The van der Waals surface area contributed by atoms with E-state index in [0.29, 0.717) is 17.4 Å². The van der Waals surface area contributed by atoms with Crippen LogP contribution in [0.1, 0.15) is 213 Å². The number of hydrogen-bond donors (Lipinski definition) is 1. The van der Waals surface area contributed by atoms with Gasteiger partial charge in [-0.2, -0.15) is 0 Å². The maximum absolute atomic E-state index is 12.9. The molecular formula is C67H110NO8+. The highest BCUT2D eigenvalue weighted by molar-refractivity contribution is 5.71. The molecule has 0 aliphatic heterocycles. The zero-order valence-electron chi connectivity index (χ0n) is 48.9. The molecule has 0 bridgehead atoms. The van der Waals surface area contributed by atoms with Crippen molar-refractivity contribution in [3.05, 3.63) is 134 Å². The Labute approximate surface area is 465 Å². The fourth-order valence-electron chi connectivity index (χ4n) is 7.56. The summed E-state index contributed by atoms with van der Waals surface area (Å²) in [7, 11) is 5.95. The van der Waals surface area contributed by atoms with Crippen LogP contribution >= 0.6 is 0 Å². The van der Waals surface area contributed by atoms with E-state index in [9.17, 15) is 19.5 Å². The van der Waals surface area contributed by atoms with E-state index in [2.05, 4.69) is 148 Å². The molecular weight excluding hydrogens is 947 g/mol. The van der Waals surface area contributed by atoms with Gasteiger partial charge in [0, 0.05) is 12.8 Å². The van der Waals surface area contributed by atoms with E-state index in [0.717, 1.165) is 141 Å². The number of carbonyl (C=O) groups is 3. The molecule has 0 rings (SSSR count). The number of likely N-dealkylation sites (N-methyl/N-ethyl adjacent to an activating group) is 1. The molecule has 2 unspecified atom stereocenters. The Bertz CT molecular complexity index is 1700. The third-order valence-electron chi connectivity index (χ3n) is 12.1. The van der Waals surface area contributed by atoms with Gasteiger partial charge >= 0.3 is 17.9 Å². The van der Waals surface area contributed by atoms with Gasteiger partial charge in [-0.15, -0.1) is 0 Å². The Hall–Kier alpha value is -4.57. The molecule has 0 amide bonds. The van der Waals surface area contributed by atoms with Crippen LogP contribution < -0.4 is 0 Å². The number of carboxylic acid groups (broad SMARTS) is 1. The van der Waals surface area contributed by atoms with Crippen LogP contribution in [0, 0.1) is 0 Å². The molecule has 1 N–H and O–H groups in total. The molecule has 2 atom stereocenters. The lowest BCUT2D eigenvalue weighted by molar-refractivity contribution is -0.870. The Balaban J connectivity index is 4.25. The largest absolute Gasteiger partial charge is 0.477 e. The summed E-state index contributed by atoms with van der Waals surface area (Å²) in [4.78, 5) is 37.4. The SMILES string of the molecule is CC/C=C\C/C=C\C/C=C\C/C=C\C/C=C\C/C=C\C/C=C\C/C=C\C/C=C\C/C=C\CCCCCCCCC(=O)OC(COC(=O)CCCCCCC/C=C\CCCCCCC)COC(OCC[N+](C)(C)C)C(=O)O. The third kappa shape index (κ3) is 57.1. The normalized spacial score (nSPS) is 13.8. The molecule has 0 saturated heterocycles. The fraction of sp³-hybridized carbons (Fsp3) is 0.627. The van der Waals surface area contributed by atoms with Crippen molar-refractivity contribution in [3.63, 3.8) is 0 Å². The van der Waals surface area contributed by atoms with E-state index < -0.39 is 24.3 Å². The van der Waals surface area contributed by atoms with E-state index in [1.54, 1.807) is 0 Å². The van der Waals surface area contributed by atoms with Gasteiger partial charge in [0.25, 0.3) is 6.29 Å². The minimum absolute atomic E-state index is 0.177. The standard InChI is InChI=1S/C67H109NO8/c1-6-8-10-12-14-16-18-20-22-23-24-25-26-27-28-29-30-31-32-33-34-35-36-37-38-39-40-41-42-43-44-46-48-50-52-54-56-58-65(70)76-63(62-75-67(66(71)72)73-60-59-68(3,4)5)61-74-64(69)57-55-53-51-49-47-45-21-19-17-15-13-11-9-7-2/h8,10,14,16,19-22,24-25,27-28,30-31,33-34,36-37,39-40,42-43,63,67H,6-7,9,11-13,15,17-18,23,26,29,32,35,38,41,44-62H2,1-5H3/p+1/b10-8-,16-14-,21-19-,22-20-,25-24-,28-27-,31-30-,34-33-,37-36-,40-39-,43-42-. The molecule has 430 valence electrons. The molecule has 0 aromatic heterocycles. The van der Waals surface area contributed by atoms with Crippen LogP contribution in [0.25, 0.3) is 0 Å². The summed E-state index contributed by atoms with van der Waals surface area (Å²) in [6.45, 7) is 4.70. The van der Waals surface area contributed by atoms with Crippen LogP contribution in [-0.4, -0.2) is 87.4 Å². The highest BCUT2D eigenvalue weighted by Gasteiger charge is 2.25. The zero-order valence-corrected chi connectivity index (χ0v) is 48.9. The number of rotatable bonds is 53. The molecule has 9 nitrogen and oxygen atoms in total. The first kappa shape index (κ1) is 71.4. The van der Waals surface area contributed by atoms with Crippen molar-refractivity contribution in [2.24, 2.45) is 0 Å². The van der Waals surface area contributed by atoms with Crippen LogP contribution in [0.15, 0.2) is 134 Å². The van der Waals surface area contributed by atoms with Crippen LogP contribution in [0.2, 0.25) is 0 Å². The smallest absolute Gasteiger partial charge is 0.361 e. The first-order valence-corrected chi connectivity index (χ1v) is 29.8. The molecule has 0 aromatic carbocycles. The second-order valence-electron chi connectivity index (χ2n) is 20.6. The Morgan fingerprint density at radius 2 is 0.750 bits per heavy atom. The lowest BCUT2D eigenvalue weighted by atomic mass is 10.1. The van der Waals surface area contributed by atoms with Gasteiger partial charge in [-0.05, 0) is 116 Å². The summed E-state index contributed by atoms with van der Waals surface area (Å²) in [5, 5.41) is 9.69. The molecule has 0 fully saturated rings. The van der Waals surface area contributed by atoms with Gasteiger partial charge in [0.15, 0.2) is 6.10 Å². The molecule has 76 heavy (non-hydrogen) atoms. The number of carboxylic acids is 1. The third-order valence-corrected chi connectivity index (χ3v) is 12.1. The van der Waals surface area contributed by atoms with Gasteiger partial charge in [-0.1, -0.05) is 218 Å². The van der Waals surface area contributed by atoms with E-state index in [4.69, 9.17) is 18.9 Å². The van der Waals surface area contributed by atoms with Crippen LogP contribution in [0.4, 0.5) is 0 Å². The van der Waals surface area contributed by atoms with Crippen LogP contribution in [0.3, 0.4) is 0 Å². The Morgan fingerprint density at radius 3 is 1.13 bits per heavy atom. The summed E-state index contributed by atoms with van der Waals surface area (Å²) < 4.78 is 22.8. The van der Waals surface area contributed by atoms with Crippen molar-refractivity contribution in [2.75, 3.05) is 47.5 Å². The number of quaternary nitrogens is 1. The Morgan fingerprint density at radius 1 is 0.408 bits per heavy atom. The maximum Gasteiger partial charge on any atom is 0.361 e. The van der Waals surface area contributed by atoms with Gasteiger partial charge in [0.05, 0.1) is 34.4 Å². The van der Waals surface area contributed by atoms with Crippen molar-refractivity contribution in [1.82, 2.24) is 0 Å². The minimum atomic E-state index is -1.52. The number of carbonyl (C=O) groups excluding carboxylic acids is 2. The maximum atomic E-state index is 12.9. The molecule has 0 aromatic rings. The number of aliphatic carboxylic acids is 1. The van der Waals surface area contributed by atoms with E-state index in [1.165, 1.54) is 38.5 Å². The molecule has 0 aliphatic carbocycles. The number of unbranched alkanes of at least 4 members (excludes halogenated alkanes) is 16. The van der Waals surface area contributed by atoms with Crippen LogP contribution in [0.5, 0.6) is 0 Å². The molecule has 0 saturated carbocycles. The van der Waals surface area contributed by atoms with E-state index in [1.807, 2.05) is 21.1 Å². The van der Waals surface area contributed by atoms with Crippen LogP contribution in [-0.2, 0) is 33.3 Å². The highest BCUT2D eigenvalue weighted by atomic mass is 16.7. The second-order valence-corrected chi connectivity index (χ2v) is 20.6. The monoisotopic (exact) mass is 1060 g/mol. The van der Waals surface area contributed by atoms with E-state index in [-0.39, 0.29) is 38.6 Å². The number of nitrogens with zero attached hydrogens (tertiary/aromatic N) is 1. The number of allylic oxidation sites excluding steroid dienone is 22. The van der Waals surface area contributed by atoms with Gasteiger partial charge < -0.3 is 28.5 Å². The summed E-state index contributed by atoms with van der Waals surface area (Å²) in [6.07, 6.45) is 78.2. The van der Waals surface area contributed by atoms with Crippen molar-refractivity contribution in [1.29, 1.82) is 0 Å². The summed E-state index contributed by atoms with van der Waals surface area (Å²) in [5.74, 6) is -2.05. The molecule has 0 aliphatic rings. The first-order valence-electron chi connectivity index (χ1n) is 29.8. The molecule has 0 radical (unpaired) electrons. The number of esters is 2. The number of hydrogen-bond acceptors (Lipinski definition) is 7. The molecule has 0 heterocycles. The summed E-state index contributed by atoms with van der Waals surface area (Å²) in [5.41, 5.74) is 0. The lowest BCUT2D eigenvalue weighted by Crippen LogP contribution is -2.40. The predicted octanol–water partition coefficient (Wildman–Crippen LogP) is 17.8. The van der Waals surface area contributed by atoms with Gasteiger partial charge in [-0.25, -0.2) is 4.79 Å². The fourth-order valence-corrected chi connectivity index (χ4v) is 7.56. The van der Waals surface area contributed by atoms with E-state index >= 15 is 0 Å². The van der Waals surface area contributed by atoms with Crippen molar-refractivity contribution in [2.45, 2.75) is 225 Å². The molecule has 0 spiro atoms. The summed E-state index contributed by atoms with van der Waals surface area (Å²) in [6, 6.07) is 0. The zero-order chi connectivity index (χ0) is 55.5. The highest BCUT2D eigenvalue weighted by Crippen LogP contribution is 2.13. The first-order chi connectivity index (χ1) is 37.1. The Kier molecular flexibility index (Phi) is 53.2. The summed E-state index contributed by atoms with van der Waals surface area (Å²) >= 11 is 0. The van der Waals surface area contributed by atoms with Crippen molar-refractivity contribution in [3.8, 4) is 0 Å². The van der Waals surface area contributed by atoms with Gasteiger partial charge in [-0.3, -0.25) is 9.59 Å². The predicted molar refractivity (Wildman–Crippen MR) is 322 cm³/mol. The minimum Gasteiger partial charge on any atom is -0.477 e. The van der Waals surface area contributed by atoms with Crippen molar-refractivity contribution < 1.29 is 42.9 Å². The van der Waals surface area contributed by atoms with Gasteiger partial charge in [0.1, 0.15) is 13.2 Å². The van der Waals surface area contributed by atoms with Gasteiger partial charge in [0.2, 0.25) is 0 Å². The average Bonchev–Trinajstić information content (AvgIpc) is 3.39. The average molecular weight is 1060 g/mol. The van der Waals surface area contributed by atoms with Crippen molar-refractivity contribution >= 4 is 17.9 Å². The number of ether oxygens (including phenoxy) is 4.